The van der Waals surface area contributed by atoms with Crippen LogP contribution < -0.4 is 10.6 Å². The minimum atomic E-state index is 0.0793. The van der Waals surface area contributed by atoms with Crippen LogP contribution in [0.25, 0.3) is 10.9 Å². The number of carbonyl (C=O) groups is 1. The molecule has 0 unspecified atom stereocenters. The fourth-order valence-corrected chi connectivity index (χ4v) is 4.90. The van der Waals surface area contributed by atoms with Crippen molar-refractivity contribution in [2.45, 2.75) is 64.5 Å². The molecule has 2 aromatic heterocycles. The number of anilines is 1. The Hall–Kier alpha value is -2.40. The molecule has 1 fully saturated rings. The van der Waals surface area contributed by atoms with E-state index in [0.29, 0.717) is 12.0 Å². The quantitative estimate of drug-likeness (QED) is 0.555. The van der Waals surface area contributed by atoms with Crippen LogP contribution in [0, 0.1) is 6.92 Å². The van der Waals surface area contributed by atoms with Gasteiger partial charge < -0.3 is 10.6 Å². The van der Waals surface area contributed by atoms with Gasteiger partial charge in [0.15, 0.2) is 0 Å². The molecule has 0 radical (unpaired) electrons. The van der Waals surface area contributed by atoms with E-state index in [1.165, 1.54) is 22.4 Å². The van der Waals surface area contributed by atoms with Crippen LogP contribution >= 0.6 is 11.3 Å². The summed E-state index contributed by atoms with van der Waals surface area (Å²) in [5.41, 5.74) is 4.42. The SMILES string of the molecule is Cc1ccsc1C(=O)NC1CCC(Nc2cc(C(C)C)nc3ccccc23)CC1. The number of hydrogen-bond donors (Lipinski definition) is 2. The summed E-state index contributed by atoms with van der Waals surface area (Å²) < 4.78 is 0. The number of carbonyl (C=O) groups excluding carboxylic acids is 1. The maximum atomic E-state index is 12.5. The first-order valence-electron chi connectivity index (χ1n) is 10.5. The van der Waals surface area contributed by atoms with E-state index in [2.05, 4.69) is 48.7 Å². The molecule has 3 aromatic rings. The van der Waals surface area contributed by atoms with Gasteiger partial charge in [-0.05, 0) is 67.7 Å². The zero-order valence-electron chi connectivity index (χ0n) is 17.4. The van der Waals surface area contributed by atoms with Crippen LogP contribution in [0.1, 0.15) is 66.4 Å². The second-order valence-corrected chi connectivity index (χ2v) is 9.28. The molecule has 0 atom stereocenters. The van der Waals surface area contributed by atoms with Crippen LogP contribution in [0.3, 0.4) is 0 Å². The van der Waals surface area contributed by atoms with Gasteiger partial charge in [-0.1, -0.05) is 32.0 Å². The maximum absolute atomic E-state index is 12.5. The number of hydrogen-bond acceptors (Lipinski definition) is 4. The molecule has 5 heteroatoms. The van der Waals surface area contributed by atoms with E-state index in [4.69, 9.17) is 4.98 Å². The fourth-order valence-electron chi connectivity index (χ4n) is 4.07. The molecule has 2 N–H and O–H groups in total. The van der Waals surface area contributed by atoms with Crippen LogP contribution in [0.15, 0.2) is 41.8 Å². The lowest BCUT2D eigenvalue weighted by Crippen LogP contribution is -2.40. The van der Waals surface area contributed by atoms with Gasteiger partial charge >= 0.3 is 0 Å². The summed E-state index contributed by atoms with van der Waals surface area (Å²) in [7, 11) is 0. The van der Waals surface area contributed by atoms with Crippen molar-refractivity contribution in [3.05, 3.63) is 57.9 Å². The van der Waals surface area contributed by atoms with E-state index in [9.17, 15) is 4.79 Å². The zero-order valence-corrected chi connectivity index (χ0v) is 18.2. The summed E-state index contributed by atoms with van der Waals surface area (Å²) in [5.74, 6) is 0.474. The largest absolute Gasteiger partial charge is 0.382 e. The average molecular weight is 408 g/mol. The van der Waals surface area contributed by atoms with Gasteiger partial charge in [0.25, 0.3) is 5.91 Å². The van der Waals surface area contributed by atoms with Crippen LogP contribution in [-0.4, -0.2) is 23.0 Å². The van der Waals surface area contributed by atoms with Crippen LogP contribution in [0.5, 0.6) is 0 Å². The number of pyridine rings is 1. The van der Waals surface area contributed by atoms with Crippen LogP contribution in [0.2, 0.25) is 0 Å². The van der Waals surface area contributed by atoms with Crippen molar-refractivity contribution < 1.29 is 4.79 Å². The number of para-hydroxylation sites is 1. The van der Waals surface area contributed by atoms with E-state index in [0.717, 1.165) is 47.3 Å². The second kappa shape index (κ2) is 8.54. The molecule has 1 amide bonds. The molecule has 1 aliphatic carbocycles. The Bertz CT molecular complexity index is 1000. The molecular formula is C24H29N3OS. The first-order chi connectivity index (χ1) is 14.0. The molecular weight excluding hydrogens is 378 g/mol. The van der Waals surface area contributed by atoms with Gasteiger partial charge in [-0.2, -0.15) is 0 Å². The number of nitrogens with one attached hydrogen (secondary N) is 2. The number of aromatic nitrogens is 1. The Morgan fingerprint density at radius 3 is 2.52 bits per heavy atom. The van der Waals surface area contributed by atoms with Gasteiger partial charge in [0.05, 0.1) is 10.4 Å². The number of nitrogens with zero attached hydrogens (tertiary/aromatic N) is 1. The van der Waals surface area contributed by atoms with Crippen molar-refractivity contribution >= 4 is 33.8 Å². The monoisotopic (exact) mass is 407 g/mol. The van der Waals surface area contributed by atoms with Gasteiger partial charge in [0, 0.05) is 28.9 Å². The minimum Gasteiger partial charge on any atom is -0.382 e. The lowest BCUT2D eigenvalue weighted by molar-refractivity contribution is 0.0930. The molecule has 0 spiro atoms. The highest BCUT2D eigenvalue weighted by Gasteiger charge is 2.24. The Morgan fingerprint density at radius 2 is 1.83 bits per heavy atom. The van der Waals surface area contributed by atoms with Crippen molar-refractivity contribution in [3.8, 4) is 0 Å². The highest BCUT2D eigenvalue weighted by atomic mass is 32.1. The van der Waals surface area contributed by atoms with Crippen molar-refractivity contribution in [1.82, 2.24) is 10.3 Å². The lowest BCUT2D eigenvalue weighted by Gasteiger charge is -2.30. The Morgan fingerprint density at radius 1 is 1.10 bits per heavy atom. The molecule has 1 aromatic carbocycles. The molecule has 0 aliphatic heterocycles. The third kappa shape index (κ3) is 4.45. The highest BCUT2D eigenvalue weighted by molar-refractivity contribution is 7.12. The third-order valence-electron chi connectivity index (χ3n) is 5.82. The molecule has 1 saturated carbocycles. The van der Waals surface area contributed by atoms with E-state index < -0.39 is 0 Å². The molecule has 152 valence electrons. The van der Waals surface area contributed by atoms with Gasteiger partial charge in [-0.3, -0.25) is 9.78 Å². The van der Waals surface area contributed by atoms with Crippen molar-refractivity contribution in [2.24, 2.45) is 0 Å². The lowest BCUT2D eigenvalue weighted by atomic mass is 9.90. The summed E-state index contributed by atoms with van der Waals surface area (Å²) in [5, 5.41) is 10.2. The summed E-state index contributed by atoms with van der Waals surface area (Å²) in [6, 6.07) is 13.3. The number of fused-ring (bicyclic) bond motifs is 1. The van der Waals surface area contributed by atoms with E-state index >= 15 is 0 Å². The van der Waals surface area contributed by atoms with Crippen molar-refractivity contribution in [2.75, 3.05) is 5.32 Å². The van der Waals surface area contributed by atoms with Crippen molar-refractivity contribution in [1.29, 1.82) is 0 Å². The smallest absolute Gasteiger partial charge is 0.261 e. The molecule has 2 heterocycles. The van der Waals surface area contributed by atoms with E-state index in [-0.39, 0.29) is 11.9 Å². The first kappa shape index (κ1) is 19.9. The second-order valence-electron chi connectivity index (χ2n) is 8.37. The molecule has 4 rings (SSSR count). The van der Waals surface area contributed by atoms with Gasteiger partial charge in [0.1, 0.15) is 0 Å². The molecule has 29 heavy (non-hydrogen) atoms. The van der Waals surface area contributed by atoms with E-state index in [1.807, 2.05) is 24.4 Å². The van der Waals surface area contributed by atoms with Gasteiger partial charge in [0.2, 0.25) is 0 Å². The number of aryl methyl sites for hydroxylation is 1. The predicted octanol–water partition coefficient (Wildman–Crippen LogP) is 5.88. The van der Waals surface area contributed by atoms with Crippen molar-refractivity contribution in [3.63, 3.8) is 0 Å². The van der Waals surface area contributed by atoms with Gasteiger partial charge in [-0.25, -0.2) is 0 Å². The summed E-state index contributed by atoms with van der Waals surface area (Å²) >= 11 is 1.52. The summed E-state index contributed by atoms with van der Waals surface area (Å²) in [6.45, 7) is 6.37. The Labute approximate surface area is 176 Å². The Kier molecular flexibility index (Phi) is 5.86. The average Bonchev–Trinajstić information content (AvgIpc) is 3.15. The molecule has 4 nitrogen and oxygen atoms in total. The number of rotatable bonds is 5. The standard InChI is InChI=1S/C24H29N3OS/c1-15(2)21-14-22(19-6-4-5-7-20(19)27-21)25-17-8-10-18(11-9-17)26-24(28)23-16(3)12-13-29-23/h4-7,12-15,17-18H,8-11H2,1-3H3,(H,25,27)(H,26,28). The minimum absolute atomic E-state index is 0.0793. The zero-order chi connectivity index (χ0) is 20.4. The third-order valence-corrected chi connectivity index (χ3v) is 6.83. The number of thiophene rings is 1. The van der Waals surface area contributed by atoms with Gasteiger partial charge in [-0.15, -0.1) is 11.3 Å². The van der Waals surface area contributed by atoms with E-state index in [1.54, 1.807) is 0 Å². The maximum Gasteiger partial charge on any atom is 0.261 e. The number of amides is 1. The highest BCUT2D eigenvalue weighted by Crippen LogP contribution is 2.30. The Balaban J connectivity index is 1.41. The number of benzene rings is 1. The first-order valence-corrected chi connectivity index (χ1v) is 11.4. The summed E-state index contributed by atoms with van der Waals surface area (Å²) in [4.78, 5) is 18.2. The molecule has 0 saturated heterocycles. The molecule has 0 bridgehead atoms. The summed E-state index contributed by atoms with van der Waals surface area (Å²) in [6.07, 6.45) is 4.13. The fraction of sp³-hybridized carbons (Fsp3) is 0.417. The molecule has 1 aliphatic rings. The normalized spacial score (nSPS) is 19.4. The van der Waals surface area contributed by atoms with Crippen LogP contribution in [0.4, 0.5) is 5.69 Å². The van der Waals surface area contributed by atoms with Crippen LogP contribution in [-0.2, 0) is 0 Å². The predicted molar refractivity (Wildman–Crippen MR) is 122 cm³/mol. The topological polar surface area (TPSA) is 54.0 Å².